The van der Waals surface area contributed by atoms with E-state index < -0.39 is 16.1 Å². The molecule has 0 saturated carbocycles. The summed E-state index contributed by atoms with van der Waals surface area (Å²) in [7, 11) is -3.88. The molecule has 0 bridgehead atoms. The second kappa shape index (κ2) is 10.9. The number of piperidine rings is 1. The lowest BCUT2D eigenvalue weighted by Crippen LogP contribution is -2.50. The van der Waals surface area contributed by atoms with Gasteiger partial charge in [-0.05, 0) is 66.6 Å². The van der Waals surface area contributed by atoms with Gasteiger partial charge >= 0.3 is 0 Å². The summed E-state index contributed by atoms with van der Waals surface area (Å²) in [6.45, 7) is 3.48. The lowest BCUT2D eigenvalue weighted by molar-refractivity contribution is -0.134. The molecule has 2 heterocycles. The van der Waals surface area contributed by atoms with Gasteiger partial charge in [0.1, 0.15) is 6.04 Å². The first-order valence-corrected chi connectivity index (χ1v) is 13.1. The first kappa shape index (κ1) is 24.0. The van der Waals surface area contributed by atoms with Gasteiger partial charge in [-0.1, -0.05) is 37.3 Å². The van der Waals surface area contributed by atoms with Crippen molar-refractivity contribution in [3.8, 4) is 0 Å². The minimum atomic E-state index is -3.88. The van der Waals surface area contributed by atoms with Crippen molar-refractivity contribution in [2.75, 3.05) is 13.1 Å². The molecule has 34 heavy (non-hydrogen) atoms. The van der Waals surface area contributed by atoms with E-state index in [1.807, 2.05) is 24.3 Å². The van der Waals surface area contributed by atoms with Crippen molar-refractivity contribution in [3.05, 3.63) is 67.0 Å². The van der Waals surface area contributed by atoms with E-state index in [0.29, 0.717) is 31.8 Å². The van der Waals surface area contributed by atoms with Gasteiger partial charge < -0.3 is 4.90 Å². The normalized spacial score (nSPS) is 16.2. The molecule has 0 spiro atoms. The highest BCUT2D eigenvalue weighted by atomic mass is 32.2. The fraction of sp³-hybridized carbons (Fsp3) is 0.346. The highest BCUT2D eigenvalue weighted by Crippen LogP contribution is 2.21. The van der Waals surface area contributed by atoms with Crippen molar-refractivity contribution < 1.29 is 13.2 Å². The summed E-state index contributed by atoms with van der Waals surface area (Å²) in [5.41, 5.74) is 0.764. The van der Waals surface area contributed by atoms with E-state index in [1.165, 1.54) is 0 Å². The predicted octanol–water partition coefficient (Wildman–Crippen LogP) is 4.32. The average molecular weight is 479 g/mol. The van der Waals surface area contributed by atoms with Gasteiger partial charge in [0.15, 0.2) is 0 Å². The fourth-order valence-corrected chi connectivity index (χ4v) is 5.37. The molecular formula is C26H30N4O3S. The maximum atomic E-state index is 13.3. The van der Waals surface area contributed by atoms with Crippen molar-refractivity contribution in [1.82, 2.24) is 14.6 Å². The zero-order valence-corrected chi connectivity index (χ0v) is 20.1. The van der Waals surface area contributed by atoms with Crippen LogP contribution in [0.5, 0.6) is 0 Å². The second-order valence-electron chi connectivity index (χ2n) is 8.79. The van der Waals surface area contributed by atoms with Crippen LogP contribution in [0.25, 0.3) is 10.8 Å². The van der Waals surface area contributed by atoms with Crippen LogP contribution in [0.15, 0.2) is 76.9 Å². The van der Waals surface area contributed by atoms with Gasteiger partial charge in [-0.15, -0.1) is 0 Å². The number of fused-ring (bicyclic) bond motifs is 1. The Labute approximate surface area is 201 Å². The van der Waals surface area contributed by atoms with E-state index in [1.54, 1.807) is 53.8 Å². The molecule has 1 fully saturated rings. The number of aromatic nitrogens is 1. The smallest absolute Gasteiger partial charge is 0.241 e. The Hall–Kier alpha value is -3.10. The largest absolute Gasteiger partial charge is 0.341 e. The van der Waals surface area contributed by atoms with Gasteiger partial charge in [0.2, 0.25) is 15.9 Å². The number of aliphatic imine (C=N–C) groups is 1. The summed E-state index contributed by atoms with van der Waals surface area (Å²) >= 11 is 0. The molecule has 1 aromatic heterocycles. The van der Waals surface area contributed by atoms with E-state index >= 15 is 0 Å². The number of sulfonamides is 1. The number of nitrogens with zero attached hydrogens (tertiary/aromatic N) is 3. The third-order valence-electron chi connectivity index (χ3n) is 6.21. The molecule has 1 saturated heterocycles. The van der Waals surface area contributed by atoms with Crippen LogP contribution < -0.4 is 4.72 Å². The topological polar surface area (TPSA) is 91.7 Å². The number of benzene rings is 2. The van der Waals surface area contributed by atoms with E-state index in [4.69, 9.17) is 0 Å². The zero-order valence-electron chi connectivity index (χ0n) is 19.3. The quantitative estimate of drug-likeness (QED) is 0.488. The third kappa shape index (κ3) is 6.07. The van der Waals surface area contributed by atoms with E-state index in [9.17, 15) is 13.2 Å². The van der Waals surface area contributed by atoms with Crippen molar-refractivity contribution in [2.45, 2.75) is 43.5 Å². The van der Waals surface area contributed by atoms with Crippen LogP contribution in [0.3, 0.4) is 0 Å². The Morgan fingerprint density at radius 2 is 1.82 bits per heavy atom. The number of hydrogen-bond donors (Lipinski definition) is 1. The summed E-state index contributed by atoms with van der Waals surface area (Å²) < 4.78 is 29.2. The van der Waals surface area contributed by atoms with Crippen molar-refractivity contribution in [2.24, 2.45) is 10.9 Å². The lowest BCUT2D eigenvalue weighted by Gasteiger charge is -2.33. The second-order valence-corrected chi connectivity index (χ2v) is 10.5. The first-order chi connectivity index (χ1) is 16.4. The molecule has 0 radical (unpaired) electrons. The molecule has 7 nitrogen and oxygen atoms in total. The number of carbonyl (C=O) groups is 1. The minimum absolute atomic E-state index is 0.154. The molecule has 3 aromatic rings. The highest BCUT2D eigenvalue weighted by molar-refractivity contribution is 7.89. The summed E-state index contributed by atoms with van der Waals surface area (Å²) in [6, 6.07) is 15.3. The SMILES string of the molecule is CC1CCN(C(=O)C(CCC=Nc2ccncc2)NS(=O)(=O)c2ccc3ccccc3c2)CC1. The Balaban J connectivity index is 1.51. The molecule has 1 atom stereocenters. The Bertz CT molecular complexity index is 1250. The molecule has 8 heteroatoms. The highest BCUT2D eigenvalue weighted by Gasteiger charge is 2.30. The number of likely N-dealkylation sites (tertiary alicyclic amines) is 1. The number of rotatable bonds is 8. The standard InChI is InChI=1S/C26H30N4O3S/c1-20-12-17-30(18-13-20)26(31)25(7-4-14-28-23-10-15-27-16-11-23)29-34(32,33)24-9-8-21-5-2-3-6-22(21)19-24/h2-3,5-6,8-11,14-16,19-20,25,29H,4,7,12-13,17-18H2,1H3. The van der Waals surface area contributed by atoms with Crippen LogP contribution in [-0.4, -0.2) is 49.6 Å². The average Bonchev–Trinajstić information content (AvgIpc) is 2.86. The van der Waals surface area contributed by atoms with Crippen LogP contribution in [0, 0.1) is 5.92 Å². The molecule has 1 aliphatic heterocycles. The monoisotopic (exact) mass is 478 g/mol. The Morgan fingerprint density at radius 3 is 2.56 bits per heavy atom. The molecule has 0 aliphatic carbocycles. The van der Waals surface area contributed by atoms with Crippen LogP contribution in [0.1, 0.15) is 32.6 Å². The molecule has 178 valence electrons. The van der Waals surface area contributed by atoms with Crippen LogP contribution in [0.4, 0.5) is 5.69 Å². The van der Waals surface area contributed by atoms with E-state index in [-0.39, 0.29) is 10.8 Å². The molecular weight excluding hydrogens is 448 g/mol. The van der Waals surface area contributed by atoms with Crippen molar-refractivity contribution >= 4 is 38.6 Å². The van der Waals surface area contributed by atoms with Crippen LogP contribution in [-0.2, 0) is 14.8 Å². The van der Waals surface area contributed by atoms with Crippen LogP contribution >= 0.6 is 0 Å². The first-order valence-electron chi connectivity index (χ1n) is 11.6. The van der Waals surface area contributed by atoms with Gasteiger partial charge in [-0.25, -0.2) is 8.42 Å². The molecule has 1 unspecified atom stereocenters. The van der Waals surface area contributed by atoms with E-state index in [0.717, 1.165) is 29.3 Å². The number of nitrogens with one attached hydrogen (secondary N) is 1. The number of pyridine rings is 1. The molecule has 1 amide bonds. The molecule has 2 aromatic carbocycles. The van der Waals surface area contributed by atoms with Crippen molar-refractivity contribution in [3.63, 3.8) is 0 Å². The molecule has 1 aliphatic rings. The van der Waals surface area contributed by atoms with Gasteiger partial charge in [0.05, 0.1) is 10.6 Å². The zero-order chi connectivity index (χ0) is 24.0. The maximum absolute atomic E-state index is 13.3. The summed E-state index contributed by atoms with van der Waals surface area (Å²) in [4.78, 5) is 23.6. The Morgan fingerprint density at radius 1 is 1.12 bits per heavy atom. The van der Waals surface area contributed by atoms with E-state index in [2.05, 4.69) is 21.6 Å². The van der Waals surface area contributed by atoms with Gasteiger partial charge in [-0.2, -0.15) is 4.72 Å². The summed E-state index contributed by atoms with van der Waals surface area (Å²) in [5.74, 6) is 0.401. The maximum Gasteiger partial charge on any atom is 0.241 e. The van der Waals surface area contributed by atoms with Crippen LogP contribution in [0.2, 0.25) is 0 Å². The lowest BCUT2D eigenvalue weighted by atomic mass is 9.98. The van der Waals surface area contributed by atoms with Gasteiger partial charge in [-0.3, -0.25) is 14.8 Å². The number of hydrogen-bond acceptors (Lipinski definition) is 5. The fourth-order valence-electron chi connectivity index (χ4n) is 4.11. The number of amides is 1. The number of carbonyl (C=O) groups excluding carboxylic acids is 1. The third-order valence-corrected chi connectivity index (χ3v) is 7.68. The molecule has 4 rings (SSSR count). The molecule has 1 N–H and O–H groups in total. The van der Waals surface area contributed by atoms with Gasteiger partial charge in [0.25, 0.3) is 0 Å². The minimum Gasteiger partial charge on any atom is -0.341 e. The van der Waals surface area contributed by atoms with Gasteiger partial charge in [0, 0.05) is 31.7 Å². The summed E-state index contributed by atoms with van der Waals surface area (Å²) in [5, 5.41) is 1.80. The summed E-state index contributed by atoms with van der Waals surface area (Å²) in [6.07, 6.45) is 7.69. The van der Waals surface area contributed by atoms with Crippen molar-refractivity contribution in [1.29, 1.82) is 0 Å². The Kier molecular flexibility index (Phi) is 7.70. The predicted molar refractivity (Wildman–Crippen MR) is 135 cm³/mol.